The maximum atomic E-state index is 12.1. The Morgan fingerprint density at radius 1 is 1.13 bits per heavy atom. The van der Waals surface area contributed by atoms with Crippen molar-refractivity contribution in [2.45, 2.75) is 32.4 Å². The molecule has 2 aromatic rings. The minimum absolute atomic E-state index is 0.0544. The number of hydrogen-bond acceptors (Lipinski definition) is 4. The molecule has 0 bridgehead atoms. The van der Waals surface area contributed by atoms with Crippen LogP contribution in [0.4, 0.5) is 0 Å². The van der Waals surface area contributed by atoms with Crippen LogP contribution in [0, 0.1) is 0 Å². The number of hydrogen-bond donors (Lipinski definition) is 2. The number of carbonyl (C=O) groups excluding carboxylic acids is 2. The number of amides is 1. The number of Topliss-reactive ketones (excluding diaryl/α,β-unsaturated/α-hetero) is 1. The van der Waals surface area contributed by atoms with Crippen molar-refractivity contribution in [2.75, 3.05) is 6.54 Å². The van der Waals surface area contributed by atoms with Crippen molar-refractivity contribution in [3.05, 3.63) is 60.1 Å². The molecule has 1 aromatic heterocycles. The highest BCUT2D eigenvalue weighted by molar-refractivity contribution is 5.88. The lowest BCUT2D eigenvalue weighted by Crippen LogP contribution is -2.45. The van der Waals surface area contributed by atoms with E-state index in [2.05, 4.69) is 10.6 Å². The minimum Gasteiger partial charge on any atom is -0.468 e. The van der Waals surface area contributed by atoms with Crippen molar-refractivity contribution in [1.29, 1.82) is 0 Å². The monoisotopic (exact) mass is 314 g/mol. The molecule has 0 aliphatic carbocycles. The smallest absolute Gasteiger partial charge is 0.234 e. The van der Waals surface area contributed by atoms with Crippen molar-refractivity contribution < 1.29 is 14.0 Å². The lowest BCUT2D eigenvalue weighted by molar-refractivity contribution is -0.126. The summed E-state index contributed by atoms with van der Waals surface area (Å²) in [5.74, 6) is 0.506. The van der Waals surface area contributed by atoms with Crippen molar-refractivity contribution in [3.63, 3.8) is 0 Å². The SMILES string of the molecule is CC(=O)[C@@H](Cc1ccccc1)NC(=O)CN[C@H](C)c1ccco1. The molecule has 23 heavy (non-hydrogen) atoms. The van der Waals surface area contributed by atoms with Crippen LogP contribution in [0.3, 0.4) is 0 Å². The summed E-state index contributed by atoms with van der Waals surface area (Å²) >= 11 is 0. The van der Waals surface area contributed by atoms with E-state index < -0.39 is 6.04 Å². The molecular weight excluding hydrogens is 292 g/mol. The first-order valence-corrected chi connectivity index (χ1v) is 7.67. The van der Waals surface area contributed by atoms with Crippen molar-refractivity contribution in [2.24, 2.45) is 0 Å². The Hall–Kier alpha value is -2.40. The fraction of sp³-hybridized carbons (Fsp3) is 0.333. The molecule has 0 aliphatic heterocycles. The van der Waals surface area contributed by atoms with Crippen LogP contribution in [-0.2, 0) is 16.0 Å². The summed E-state index contributed by atoms with van der Waals surface area (Å²) in [5, 5.41) is 5.86. The second-order valence-electron chi connectivity index (χ2n) is 5.54. The van der Waals surface area contributed by atoms with Crippen LogP contribution in [0.15, 0.2) is 53.1 Å². The summed E-state index contributed by atoms with van der Waals surface area (Å²) in [4.78, 5) is 23.8. The Morgan fingerprint density at radius 2 is 1.87 bits per heavy atom. The lowest BCUT2D eigenvalue weighted by atomic mass is 10.0. The summed E-state index contributed by atoms with van der Waals surface area (Å²) in [6.07, 6.45) is 2.09. The largest absolute Gasteiger partial charge is 0.468 e. The zero-order valence-electron chi connectivity index (χ0n) is 13.4. The van der Waals surface area contributed by atoms with E-state index in [0.717, 1.165) is 11.3 Å². The molecule has 1 aromatic carbocycles. The predicted molar refractivity (Wildman–Crippen MR) is 87.9 cm³/mol. The molecular formula is C18H22N2O3. The summed E-state index contributed by atoms with van der Waals surface area (Å²) in [6, 6.07) is 12.7. The van der Waals surface area contributed by atoms with Gasteiger partial charge in [-0.3, -0.25) is 14.9 Å². The molecule has 0 spiro atoms. The summed E-state index contributed by atoms with van der Waals surface area (Å²) in [6.45, 7) is 3.53. The third kappa shape index (κ3) is 5.38. The topological polar surface area (TPSA) is 71.3 Å². The van der Waals surface area contributed by atoms with Gasteiger partial charge in [0, 0.05) is 0 Å². The highest BCUT2D eigenvalue weighted by Gasteiger charge is 2.18. The summed E-state index contributed by atoms with van der Waals surface area (Å²) in [7, 11) is 0. The normalized spacial score (nSPS) is 13.3. The Bertz CT molecular complexity index is 623. The Kier molecular flexibility index (Phi) is 6.11. The van der Waals surface area contributed by atoms with Gasteiger partial charge in [-0.2, -0.15) is 0 Å². The van der Waals surface area contributed by atoms with E-state index in [1.54, 1.807) is 12.3 Å². The minimum atomic E-state index is -0.509. The number of ketones is 1. The van der Waals surface area contributed by atoms with Crippen LogP contribution >= 0.6 is 0 Å². The second kappa shape index (κ2) is 8.29. The Morgan fingerprint density at radius 3 is 2.48 bits per heavy atom. The zero-order valence-corrected chi connectivity index (χ0v) is 13.4. The maximum absolute atomic E-state index is 12.1. The van der Waals surface area contributed by atoms with Gasteiger partial charge in [-0.05, 0) is 38.0 Å². The van der Waals surface area contributed by atoms with Gasteiger partial charge < -0.3 is 9.73 Å². The number of benzene rings is 1. The van der Waals surface area contributed by atoms with E-state index >= 15 is 0 Å². The van der Waals surface area contributed by atoms with E-state index in [1.807, 2.05) is 43.3 Å². The Labute approximate surface area is 136 Å². The zero-order chi connectivity index (χ0) is 16.7. The molecule has 0 aliphatic rings. The molecule has 2 N–H and O–H groups in total. The molecule has 2 rings (SSSR count). The van der Waals surface area contributed by atoms with Crippen molar-refractivity contribution >= 4 is 11.7 Å². The van der Waals surface area contributed by atoms with Crippen LogP contribution < -0.4 is 10.6 Å². The van der Waals surface area contributed by atoms with E-state index in [4.69, 9.17) is 4.42 Å². The fourth-order valence-corrected chi connectivity index (χ4v) is 2.28. The molecule has 1 amide bonds. The first kappa shape index (κ1) is 17.0. The summed E-state index contributed by atoms with van der Waals surface area (Å²) in [5.41, 5.74) is 1.02. The van der Waals surface area contributed by atoms with Crippen molar-refractivity contribution in [1.82, 2.24) is 10.6 Å². The first-order valence-electron chi connectivity index (χ1n) is 7.67. The maximum Gasteiger partial charge on any atom is 0.234 e. The Balaban J connectivity index is 1.84. The van der Waals surface area contributed by atoms with Crippen LogP contribution in [0.2, 0.25) is 0 Å². The predicted octanol–water partition coefficient (Wildman–Crippen LogP) is 2.25. The summed E-state index contributed by atoms with van der Waals surface area (Å²) < 4.78 is 5.28. The van der Waals surface area contributed by atoms with Gasteiger partial charge in [0.1, 0.15) is 5.76 Å². The molecule has 5 nitrogen and oxygen atoms in total. The number of furan rings is 1. The first-order chi connectivity index (χ1) is 11.1. The third-order valence-electron chi connectivity index (χ3n) is 3.65. The third-order valence-corrected chi connectivity index (χ3v) is 3.65. The van der Waals surface area contributed by atoms with E-state index in [-0.39, 0.29) is 24.3 Å². The molecule has 0 unspecified atom stereocenters. The van der Waals surface area contributed by atoms with Gasteiger partial charge in [0.2, 0.25) is 5.91 Å². The fourth-order valence-electron chi connectivity index (χ4n) is 2.28. The number of nitrogens with one attached hydrogen (secondary N) is 2. The van der Waals surface area contributed by atoms with Gasteiger partial charge >= 0.3 is 0 Å². The average Bonchev–Trinajstić information content (AvgIpc) is 3.07. The standard InChI is InChI=1S/C18H22N2O3/c1-13(17-9-6-10-23-17)19-12-18(22)20-16(14(2)21)11-15-7-4-3-5-8-15/h3-10,13,16,19H,11-12H2,1-2H3,(H,20,22)/t13-,16-/m1/s1. The molecule has 0 saturated heterocycles. The van der Waals surface area contributed by atoms with E-state index in [1.165, 1.54) is 6.92 Å². The quantitative estimate of drug-likeness (QED) is 0.784. The van der Waals surface area contributed by atoms with E-state index in [0.29, 0.717) is 6.42 Å². The van der Waals surface area contributed by atoms with Crippen LogP contribution in [0.1, 0.15) is 31.2 Å². The molecule has 1 heterocycles. The number of rotatable bonds is 8. The van der Waals surface area contributed by atoms with Gasteiger partial charge in [-0.15, -0.1) is 0 Å². The molecule has 2 atom stereocenters. The van der Waals surface area contributed by atoms with Crippen molar-refractivity contribution in [3.8, 4) is 0 Å². The molecule has 5 heteroatoms. The molecule has 122 valence electrons. The van der Waals surface area contributed by atoms with E-state index in [9.17, 15) is 9.59 Å². The van der Waals surface area contributed by atoms with Gasteiger partial charge in [-0.25, -0.2) is 0 Å². The van der Waals surface area contributed by atoms with Crippen LogP contribution in [0.5, 0.6) is 0 Å². The van der Waals surface area contributed by atoms with Crippen LogP contribution in [0.25, 0.3) is 0 Å². The van der Waals surface area contributed by atoms with Gasteiger partial charge in [-0.1, -0.05) is 30.3 Å². The lowest BCUT2D eigenvalue weighted by Gasteiger charge is -2.17. The van der Waals surface area contributed by atoms with Gasteiger partial charge in [0.25, 0.3) is 0 Å². The number of carbonyl (C=O) groups is 2. The molecule has 0 saturated carbocycles. The second-order valence-corrected chi connectivity index (χ2v) is 5.54. The van der Waals surface area contributed by atoms with Gasteiger partial charge in [0.15, 0.2) is 5.78 Å². The highest BCUT2D eigenvalue weighted by Crippen LogP contribution is 2.11. The average molecular weight is 314 g/mol. The molecule has 0 fully saturated rings. The highest BCUT2D eigenvalue weighted by atomic mass is 16.3. The van der Waals surface area contributed by atoms with Gasteiger partial charge in [0.05, 0.1) is 24.9 Å². The molecule has 0 radical (unpaired) electrons. The van der Waals surface area contributed by atoms with Crippen LogP contribution in [-0.4, -0.2) is 24.3 Å².